The Morgan fingerprint density at radius 3 is 2.16 bits per heavy atom. The van der Waals surface area contributed by atoms with E-state index in [-0.39, 0.29) is 6.04 Å². The number of para-hydroxylation sites is 1. The number of fused-ring (bicyclic) bond motifs is 4. The summed E-state index contributed by atoms with van der Waals surface area (Å²) in [6.07, 6.45) is 5.46. The molecular weight excluding hydrogens is 378 g/mol. The molecule has 4 aromatic rings. The summed E-state index contributed by atoms with van der Waals surface area (Å²) in [5, 5.41) is 10.4. The molecule has 31 heavy (non-hydrogen) atoms. The van der Waals surface area contributed by atoms with Crippen LogP contribution in [-0.2, 0) is 13.5 Å². The summed E-state index contributed by atoms with van der Waals surface area (Å²) in [7, 11) is 2.10. The lowest BCUT2D eigenvalue weighted by molar-refractivity contribution is 0.590. The minimum absolute atomic E-state index is 0.133. The van der Waals surface area contributed by atoms with E-state index in [1.807, 2.05) is 0 Å². The Hall–Kier alpha value is -3.64. The summed E-state index contributed by atoms with van der Waals surface area (Å²) in [5.41, 5.74) is 8.62. The van der Waals surface area contributed by atoms with E-state index >= 15 is 0 Å². The molecule has 1 aromatic heterocycles. The van der Waals surface area contributed by atoms with Crippen LogP contribution in [0.1, 0.15) is 36.0 Å². The van der Waals surface area contributed by atoms with Crippen LogP contribution in [0.15, 0.2) is 84.0 Å². The second kappa shape index (κ2) is 8.24. The fourth-order valence-corrected chi connectivity index (χ4v) is 4.79. The molecule has 1 aliphatic carbocycles. The molecule has 1 aliphatic rings. The number of hydrogen-bond acceptors (Lipinski definition) is 2. The van der Waals surface area contributed by atoms with Gasteiger partial charge in [0.15, 0.2) is 0 Å². The third kappa shape index (κ3) is 3.55. The predicted molar refractivity (Wildman–Crippen MR) is 127 cm³/mol. The van der Waals surface area contributed by atoms with Gasteiger partial charge in [-0.2, -0.15) is 5.26 Å². The molecule has 1 unspecified atom stereocenters. The van der Waals surface area contributed by atoms with Crippen molar-refractivity contribution in [2.75, 3.05) is 0 Å². The van der Waals surface area contributed by atoms with Gasteiger partial charge in [0, 0.05) is 41.7 Å². The highest BCUT2D eigenvalue weighted by Gasteiger charge is 2.25. The monoisotopic (exact) mass is 403 g/mol. The highest BCUT2D eigenvalue weighted by molar-refractivity contribution is 6.24. The molecule has 0 amide bonds. The first-order valence-electron chi connectivity index (χ1n) is 10.9. The van der Waals surface area contributed by atoms with Crippen LogP contribution in [0.3, 0.4) is 0 Å². The zero-order valence-electron chi connectivity index (χ0n) is 17.8. The standard InChI is InChI=1S/C28H25N3/c1-31-19-20(22-11-6-7-16-27(22)31)18-21(10-8-9-17-29)30-28-25-14-4-2-12-23(25)24-13-3-5-15-26(24)28/h2-7,11-16,19,21H,8-10,18H2,1H3. The van der Waals surface area contributed by atoms with Gasteiger partial charge in [-0.3, -0.25) is 4.99 Å². The summed E-state index contributed by atoms with van der Waals surface area (Å²) in [4.78, 5) is 5.34. The van der Waals surface area contributed by atoms with Crippen molar-refractivity contribution in [1.82, 2.24) is 4.57 Å². The summed E-state index contributed by atoms with van der Waals surface area (Å²) in [6, 6.07) is 28.1. The van der Waals surface area contributed by atoms with Gasteiger partial charge in [0.05, 0.1) is 17.8 Å². The number of nitrogens with zero attached hydrogens (tertiary/aromatic N) is 3. The minimum Gasteiger partial charge on any atom is -0.350 e. The maximum atomic E-state index is 9.07. The molecule has 0 saturated heterocycles. The van der Waals surface area contributed by atoms with Crippen LogP contribution in [0.5, 0.6) is 0 Å². The molecule has 0 N–H and O–H groups in total. The molecular formula is C28H25N3. The van der Waals surface area contributed by atoms with Gasteiger partial charge in [0.25, 0.3) is 0 Å². The topological polar surface area (TPSA) is 41.1 Å². The molecule has 0 spiro atoms. The lowest BCUT2D eigenvalue weighted by Crippen LogP contribution is -2.13. The Kier molecular flexibility index (Phi) is 5.14. The van der Waals surface area contributed by atoms with E-state index in [0.717, 1.165) is 25.0 Å². The molecule has 5 rings (SSSR count). The zero-order valence-corrected chi connectivity index (χ0v) is 17.8. The highest BCUT2D eigenvalue weighted by atomic mass is 14.9. The van der Waals surface area contributed by atoms with E-state index in [2.05, 4.69) is 96.7 Å². The largest absolute Gasteiger partial charge is 0.350 e. The average molecular weight is 404 g/mol. The first-order chi connectivity index (χ1) is 15.3. The van der Waals surface area contributed by atoms with Crippen molar-refractivity contribution in [3.05, 3.63) is 95.7 Å². The normalized spacial score (nSPS) is 13.0. The molecule has 152 valence electrons. The molecule has 3 aromatic carbocycles. The smallest absolute Gasteiger partial charge is 0.0734 e. The van der Waals surface area contributed by atoms with Crippen LogP contribution >= 0.6 is 0 Å². The minimum atomic E-state index is 0.133. The van der Waals surface area contributed by atoms with E-state index in [0.29, 0.717) is 6.42 Å². The van der Waals surface area contributed by atoms with Crippen molar-refractivity contribution in [3.63, 3.8) is 0 Å². The summed E-state index contributed by atoms with van der Waals surface area (Å²) < 4.78 is 2.20. The van der Waals surface area contributed by atoms with E-state index in [1.165, 1.54) is 38.7 Å². The van der Waals surface area contributed by atoms with Crippen molar-refractivity contribution in [2.24, 2.45) is 12.0 Å². The van der Waals surface area contributed by atoms with Gasteiger partial charge in [-0.1, -0.05) is 66.7 Å². The number of aliphatic imine (C=N–C) groups is 1. The van der Waals surface area contributed by atoms with E-state index in [1.54, 1.807) is 0 Å². The molecule has 0 aliphatic heterocycles. The van der Waals surface area contributed by atoms with Crippen LogP contribution < -0.4 is 0 Å². The lowest BCUT2D eigenvalue weighted by Gasteiger charge is -2.14. The van der Waals surface area contributed by atoms with Crippen molar-refractivity contribution >= 4 is 16.6 Å². The van der Waals surface area contributed by atoms with Gasteiger partial charge < -0.3 is 4.57 Å². The van der Waals surface area contributed by atoms with Crippen molar-refractivity contribution < 1.29 is 0 Å². The first-order valence-corrected chi connectivity index (χ1v) is 10.9. The Bertz CT molecular complexity index is 1270. The van der Waals surface area contributed by atoms with Crippen LogP contribution in [-0.4, -0.2) is 16.3 Å². The van der Waals surface area contributed by atoms with Crippen molar-refractivity contribution in [1.29, 1.82) is 5.26 Å². The van der Waals surface area contributed by atoms with Crippen molar-refractivity contribution in [3.8, 4) is 17.2 Å². The van der Waals surface area contributed by atoms with Crippen LogP contribution in [0.25, 0.3) is 22.0 Å². The number of benzene rings is 3. The summed E-state index contributed by atoms with van der Waals surface area (Å²) in [6.45, 7) is 0. The Balaban J connectivity index is 1.56. The van der Waals surface area contributed by atoms with Crippen LogP contribution in [0.2, 0.25) is 0 Å². The van der Waals surface area contributed by atoms with Gasteiger partial charge >= 0.3 is 0 Å². The molecule has 3 nitrogen and oxygen atoms in total. The van der Waals surface area contributed by atoms with Gasteiger partial charge in [-0.15, -0.1) is 0 Å². The number of rotatable bonds is 6. The molecule has 1 heterocycles. The Morgan fingerprint density at radius 1 is 0.871 bits per heavy atom. The van der Waals surface area contributed by atoms with Crippen molar-refractivity contribution in [2.45, 2.75) is 31.7 Å². The van der Waals surface area contributed by atoms with Gasteiger partial charge in [0.2, 0.25) is 0 Å². The molecule has 0 bridgehead atoms. The Morgan fingerprint density at radius 2 is 1.48 bits per heavy atom. The van der Waals surface area contributed by atoms with E-state index in [9.17, 15) is 0 Å². The average Bonchev–Trinajstić information content (AvgIpc) is 3.29. The van der Waals surface area contributed by atoms with Gasteiger partial charge in [0.1, 0.15) is 0 Å². The molecule has 0 radical (unpaired) electrons. The number of aromatic nitrogens is 1. The maximum Gasteiger partial charge on any atom is 0.0734 e. The Labute approximate surface area is 183 Å². The number of aryl methyl sites for hydroxylation is 1. The molecule has 1 atom stereocenters. The fourth-order valence-electron chi connectivity index (χ4n) is 4.79. The van der Waals surface area contributed by atoms with E-state index < -0.39 is 0 Å². The first kappa shape index (κ1) is 19.3. The summed E-state index contributed by atoms with van der Waals surface area (Å²) >= 11 is 0. The predicted octanol–water partition coefficient (Wildman–Crippen LogP) is 6.30. The second-order valence-corrected chi connectivity index (χ2v) is 8.26. The fraction of sp³-hybridized carbons (Fsp3) is 0.214. The molecule has 3 heteroatoms. The SMILES string of the molecule is Cn1cc(CC(CCCC#N)N=C2c3ccccc3-c3ccccc32)c2ccccc21. The quantitative estimate of drug-likeness (QED) is 0.307. The van der Waals surface area contributed by atoms with Crippen LogP contribution in [0, 0.1) is 11.3 Å². The third-order valence-electron chi connectivity index (χ3n) is 6.23. The zero-order chi connectivity index (χ0) is 21.2. The third-order valence-corrected chi connectivity index (χ3v) is 6.23. The molecule has 0 saturated carbocycles. The van der Waals surface area contributed by atoms with Gasteiger partial charge in [-0.25, -0.2) is 0 Å². The highest BCUT2D eigenvalue weighted by Crippen LogP contribution is 2.37. The maximum absolute atomic E-state index is 9.07. The van der Waals surface area contributed by atoms with Crippen LogP contribution in [0.4, 0.5) is 0 Å². The summed E-state index contributed by atoms with van der Waals surface area (Å²) in [5.74, 6) is 0. The number of unbranched alkanes of at least 4 members (excludes halogenated alkanes) is 1. The molecule has 0 fully saturated rings. The van der Waals surface area contributed by atoms with Gasteiger partial charge in [-0.05, 0) is 42.0 Å². The second-order valence-electron chi connectivity index (χ2n) is 8.26. The number of hydrogen-bond donors (Lipinski definition) is 0. The lowest BCUT2D eigenvalue weighted by atomic mass is 10.00. The number of nitriles is 1. The van der Waals surface area contributed by atoms with E-state index in [4.69, 9.17) is 10.3 Å².